The van der Waals surface area contributed by atoms with Gasteiger partial charge in [-0.25, -0.2) is 0 Å². The summed E-state index contributed by atoms with van der Waals surface area (Å²) >= 11 is 0. The molecule has 3 aliphatic rings. The maximum absolute atomic E-state index is 5.95. The van der Waals surface area contributed by atoms with E-state index >= 15 is 0 Å². The summed E-state index contributed by atoms with van der Waals surface area (Å²) in [6.07, 6.45) is 12.2. The van der Waals surface area contributed by atoms with Crippen molar-refractivity contribution in [2.45, 2.75) is 52.1 Å². The minimum atomic E-state index is 0.0143. The van der Waals surface area contributed by atoms with Gasteiger partial charge >= 0.3 is 0 Å². The van der Waals surface area contributed by atoms with Crippen molar-refractivity contribution in [1.82, 2.24) is 0 Å². The molecule has 0 saturated heterocycles. The third kappa shape index (κ3) is 1.37. The molecule has 0 aromatic rings. The SMILES string of the molecule is CC1CC(C23C=CC(CC2)C3)=COC1(C)C. The molecule has 2 bridgehead atoms. The Hall–Kier alpha value is -0.720. The van der Waals surface area contributed by atoms with Gasteiger partial charge in [0.25, 0.3) is 0 Å². The fourth-order valence-electron chi connectivity index (χ4n) is 3.43. The van der Waals surface area contributed by atoms with Crippen LogP contribution in [0.5, 0.6) is 0 Å². The molecule has 16 heavy (non-hydrogen) atoms. The molecule has 1 heteroatoms. The van der Waals surface area contributed by atoms with Gasteiger partial charge in [0, 0.05) is 5.41 Å². The fraction of sp³-hybridized carbons (Fsp3) is 0.733. The molecule has 2 aliphatic carbocycles. The van der Waals surface area contributed by atoms with Gasteiger partial charge in [0.1, 0.15) is 5.60 Å². The van der Waals surface area contributed by atoms with Crippen molar-refractivity contribution in [2.24, 2.45) is 17.3 Å². The topological polar surface area (TPSA) is 9.23 Å². The van der Waals surface area contributed by atoms with Crippen LogP contribution in [-0.2, 0) is 4.74 Å². The molecule has 1 heterocycles. The van der Waals surface area contributed by atoms with Crippen LogP contribution in [0, 0.1) is 17.3 Å². The monoisotopic (exact) mass is 218 g/mol. The van der Waals surface area contributed by atoms with Gasteiger partial charge in [0.2, 0.25) is 0 Å². The quantitative estimate of drug-likeness (QED) is 0.603. The number of fused-ring (bicyclic) bond motifs is 2. The van der Waals surface area contributed by atoms with Crippen LogP contribution in [0.3, 0.4) is 0 Å². The van der Waals surface area contributed by atoms with Crippen LogP contribution in [0.25, 0.3) is 0 Å². The van der Waals surface area contributed by atoms with Gasteiger partial charge in [-0.05, 0) is 56.9 Å². The molecule has 3 unspecified atom stereocenters. The van der Waals surface area contributed by atoms with E-state index in [0.717, 1.165) is 5.92 Å². The van der Waals surface area contributed by atoms with E-state index in [2.05, 4.69) is 39.2 Å². The fourth-order valence-corrected chi connectivity index (χ4v) is 3.43. The second kappa shape index (κ2) is 3.15. The Labute approximate surface area is 98.6 Å². The average Bonchev–Trinajstić information content (AvgIpc) is 2.83. The van der Waals surface area contributed by atoms with Crippen LogP contribution >= 0.6 is 0 Å². The van der Waals surface area contributed by atoms with Crippen LogP contribution in [-0.4, -0.2) is 5.60 Å². The zero-order valence-electron chi connectivity index (χ0n) is 10.6. The Morgan fingerprint density at radius 3 is 2.69 bits per heavy atom. The number of ether oxygens (including phenoxy) is 1. The lowest BCUT2D eigenvalue weighted by molar-refractivity contribution is -0.0118. The van der Waals surface area contributed by atoms with Gasteiger partial charge in [0.15, 0.2) is 0 Å². The van der Waals surface area contributed by atoms with Crippen LogP contribution in [0.1, 0.15) is 46.5 Å². The van der Waals surface area contributed by atoms with E-state index < -0.39 is 0 Å². The van der Waals surface area contributed by atoms with Crippen molar-refractivity contribution < 1.29 is 4.74 Å². The van der Waals surface area contributed by atoms with Gasteiger partial charge in [0.05, 0.1) is 6.26 Å². The molecule has 0 spiro atoms. The Morgan fingerprint density at radius 2 is 2.19 bits per heavy atom. The summed E-state index contributed by atoms with van der Waals surface area (Å²) in [5.74, 6) is 1.47. The van der Waals surface area contributed by atoms with E-state index in [4.69, 9.17) is 4.74 Å². The zero-order valence-corrected chi connectivity index (χ0v) is 10.6. The largest absolute Gasteiger partial charge is 0.495 e. The summed E-state index contributed by atoms with van der Waals surface area (Å²) in [5.41, 5.74) is 1.95. The predicted octanol–water partition coefficient (Wildman–Crippen LogP) is 4.06. The molecule has 3 atom stereocenters. The Balaban J connectivity index is 1.87. The van der Waals surface area contributed by atoms with Crippen LogP contribution in [0.4, 0.5) is 0 Å². The zero-order chi connectivity index (χ0) is 11.4. The molecule has 0 radical (unpaired) electrons. The average molecular weight is 218 g/mol. The minimum absolute atomic E-state index is 0.0143. The van der Waals surface area contributed by atoms with Gasteiger partial charge in [-0.3, -0.25) is 0 Å². The van der Waals surface area contributed by atoms with E-state index in [1.165, 1.54) is 25.7 Å². The minimum Gasteiger partial charge on any atom is -0.495 e. The van der Waals surface area contributed by atoms with Crippen LogP contribution in [0.15, 0.2) is 24.0 Å². The Morgan fingerprint density at radius 1 is 1.38 bits per heavy atom. The molecule has 88 valence electrons. The lowest BCUT2D eigenvalue weighted by Crippen LogP contribution is -2.36. The molecule has 1 nitrogen and oxygen atoms in total. The molecule has 0 amide bonds. The van der Waals surface area contributed by atoms with E-state index in [1.807, 2.05) is 0 Å². The summed E-state index contributed by atoms with van der Waals surface area (Å²) in [7, 11) is 0. The number of rotatable bonds is 1. The van der Waals surface area contributed by atoms with Crippen molar-refractivity contribution in [2.75, 3.05) is 0 Å². The summed E-state index contributed by atoms with van der Waals surface area (Å²) < 4.78 is 5.95. The van der Waals surface area contributed by atoms with E-state index in [9.17, 15) is 0 Å². The van der Waals surface area contributed by atoms with Gasteiger partial charge < -0.3 is 4.74 Å². The first-order valence-corrected chi connectivity index (χ1v) is 6.59. The molecule has 0 N–H and O–H groups in total. The first kappa shape index (κ1) is 10.4. The molecule has 0 aromatic heterocycles. The molecular formula is C15H22O. The molecular weight excluding hydrogens is 196 g/mol. The van der Waals surface area contributed by atoms with Crippen LogP contribution in [0.2, 0.25) is 0 Å². The van der Waals surface area contributed by atoms with Gasteiger partial charge in [-0.15, -0.1) is 0 Å². The molecule has 1 aliphatic heterocycles. The van der Waals surface area contributed by atoms with E-state index in [0.29, 0.717) is 11.3 Å². The van der Waals surface area contributed by atoms with Crippen molar-refractivity contribution in [3.05, 3.63) is 24.0 Å². The maximum atomic E-state index is 5.95. The van der Waals surface area contributed by atoms with E-state index in [1.54, 1.807) is 5.57 Å². The second-order valence-corrected chi connectivity index (χ2v) is 6.49. The summed E-state index contributed by atoms with van der Waals surface area (Å²) in [6.45, 7) is 6.71. The smallest absolute Gasteiger partial charge is 0.105 e. The second-order valence-electron chi connectivity index (χ2n) is 6.49. The van der Waals surface area contributed by atoms with Gasteiger partial charge in [-0.2, -0.15) is 0 Å². The van der Waals surface area contributed by atoms with Crippen molar-refractivity contribution in [3.8, 4) is 0 Å². The van der Waals surface area contributed by atoms with Crippen LogP contribution < -0.4 is 0 Å². The summed E-state index contributed by atoms with van der Waals surface area (Å²) in [5, 5.41) is 0. The first-order chi connectivity index (χ1) is 7.52. The first-order valence-electron chi connectivity index (χ1n) is 6.59. The predicted molar refractivity (Wildman–Crippen MR) is 65.9 cm³/mol. The molecule has 0 aromatic carbocycles. The third-order valence-electron chi connectivity index (χ3n) is 5.13. The normalized spacial score (nSPS) is 44.3. The third-order valence-corrected chi connectivity index (χ3v) is 5.13. The highest BCUT2D eigenvalue weighted by atomic mass is 16.5. The molecule has 1 fully saturated rings. The highest BCUT2D eigenvalue weighted by Crippen LogP contribution is 2.56. The van der Waals surface area contributed by atoms with Gasteiger partial charge in [-0.1, -0.05) is 19.1 Å². The van der Waals surface area contributed by atoms with Crippen molar-refractivity contribution in [3.63, 3.8) is 0 Å². The highest BCUT2D eigenvalue weighted by molar-refractivity contribution is 5.31. The Bertz CT molecular complexity index is 364. The lowest BCUT2D eigenvalue weighted by atomic mass is 9.73. The molecule has 3 rings (SSSR count). The molecule has 1 saturated carbocycles. The van der Waals surface area contributed by atoms with E-state index in [-0.39, 0.29) is 5.60 Å². The number of allylic oxidation sites excluding steroid dienone is 3. The standard InChI is InChI=1S/C15H22O/c1-11-8-13(10-16-14(11,2)3)15-6-4-12(9-15)5-7-15/h4,6,10-12H,5,7-9H2,1-3H3. The Kier molecular flexibility index (Phi) is 2.05. The number of hydrogen-bond acceptors (Lipinski definition) is 1. The highest BCUT2D eigenvalue weighted by Gasteiger charge is 2.46. The number of hydrogen-bond donors (Lipinski definition) is 0. The van der Waals surface area contributed by atoms with Crippen molar-refractivity contribution >= 4 is 0 Å². The summed E-state index contributed by atoms with van der Waals surface area (Å²) in [4.78, 5) is 0. The summed E-state index contributed by atoms with van der Waals surface area (Å²) in [6, 6.07) is 0. The van der Waals surface area contributed by atoms with Crippen molar-refractivity contribution in [1.29, 1.82) is 0 Å². The maximum Gasteiger partial charge on any atom is 0.105 e. The lowest BCUT2D eigenvalue weighted by Gasteiger charge is -2.40.